The first-order valence-electron chi connectivity index (χ1n) is 5.55. The SMILES string of the molecule is COC(=N)c1ccccc1OCc1cccnc1. The average Bonchev–Trinajstić information content (AvgIpc) is 2.45. The predicted octanol–water partition coefficient (Wildman–Crippen LogP) is 2.63. The predicted molar refractivity (Wildman–Crippen MR) is 68.8 cm³/mol. The highest BCUT2D eigenvalue weighted by Crippen LogP contribution is 2.19. The molecule has 0 aliphatic carbocycles. The van der Waals surface area contributed by atoms with Crippen LogP contribution < -0.4 is 4.74 Å². The second kappa shape index (κ2) is 5.82. The first kappa shape index (κ1) is 12.1. The molecule has 0 spiro atoms. The van der Waals surface area contributed by atoms with Crippen LogP contribution >= 0.6 is 0 Å². The summed E-state index contributed by atoms with van der Waals surface area (Å²) in [5.74, 6) is 0.727. The molecule has 0 saturated heterocycles. The van der Waals surface area contributed by atoms with Gasteiger partial charge in [0.05, 0.1) is 12.7 Å². The molecule has 1 N–H and O–H groups in total. The molecule has 1 heterocycles. The Balaban J connectivity index is 2.12. The van der Waals surface area contributed by atoms with Gasteiger partial charge in [-0.1, -0.05) is 18.2 Å². The lowest BCUT2D eigenvalue weighted by Gasteiger charge is -2.11. The summed E-state index contributed by atoms with van der Waals surface area (Å²) < 4.78 is 10.6. The number of methoxy groups -OCH3 is 1. The molecule has 4 nitrogen and oxygen atoms in total. The van der Waals surface area contributed by atoms with Gasteiger partial charge in [0.25, 0.3) is 0 Å². The summed E-state index contributed by atoms with van der Waals surface area (Å²) in [5.41, 5.74) is 1.63. The van der Waals surface area contributed by atoms with Gasteiger partial charge in [-0.3, -0.25) is 10.4 Å². The van der Waals surface area contributed by atoms with Crippen molar-refractivity contribution in [3.8, 4) is 5.75 Å². The van der Waals surface area contributed by atoms with Crippen LogP contribution in [0.3, 0.4) is 0 Å². The lowest BCUT2D eigenvalue weighted by Crippen LogP contribution is -2.05. The molecule has 0 bridgehead atoms. The second-order valence-electron chi connectivity index (χ2n) is 3.68. The molecular weight excluding hydrogens is 228 g/mol. The van der Waals surface area contributed by atoms with Crippen molar-refractivity contribution in [1.29, 1.82) is 5.41 Å². The summed E-state index contributed by atoms with van der Waals surface area (Å²) in [6.07, 6.45) is 3.47. The summed E-state index contributed by atoms with van der Waals surface area (Å²) in [4.78, 5) is 4.02. The lowest BCUT2D eigenvalue weighted by atomic mass is 10.2. The number of nitrogens with zero attached hydrogens (tertiary/aromatic N) is 1. The Morgan fingerprint density at radius 2 is 2.06 bits per heavy atom. The first-order valence-corrected chi connectivity index (χ1v) is 5.55. The second-order valence-corrected chi connectivity index (χ2v) is 3.68. The fourth-order valence-electron chi connectivity index (χ4n) is 1.53. The highest BCUT2D eigenvalue weighted by molar-refractivity contribution is 5.94. The van der Waals surface area contributed by atoms with Crippen LogP contribution in [0.4, 0.5) is 0 Å². The maximum atomic E-state index is 7.69. The van der Waals surface area contributed by atoms with Gasteiger partial charge in [0.1, 0.15) is 12.4 Å². The normalized spacial score (nSPS) is 9.83. The Bertz CT molecular complexity index is 526. The molecule has 0 atom stereocenters. The molecule has 0 saturated carbocycles. The van der Waals surface area contributed by atoms with Gasteiger partial charge in [-0.25, -0.2) is 0 Å². The van der Waals surface area contributed by atoms with E-state index in [1.165, 1.54) is 7.11 Å². The maximum absolute atomic E-state index is 7.69. The number of pyridine rings is 1. The minimum Gasteiger partial charge on any atom is -0.488 e. The Morgan fingerprint density at radius 1 is 1.22 bits per heavy atom. The summed E-state index contributed by atoms with van der Waals surface area (Å²) in [6.45, 7) is 0.418. The standard InChI is InChI=1S/C14H14N2O2/c1-17-14(15)12-6-2-3-7-13(12)18-10-11-5-4-8-16-9-11/h2-9,15H,10H2,1H3. The third-order valence-corrected chi connectivity index (χ3v) is 2.45. The molecular formula is C14H14N2O2. The monoisotopic (exact) mass is 242 g/mol. The number of rotatable bonds is 4. The maximum Gasteiger partial charge on any atom is 0.216 e. The van der Waals surface area contributed by atoms with Crippen molar-refractivity contribution in [3.05, 3.63) is 59.9 Å². The van der Waals surface area contributed by atoms with E-state index in [4.69, 9.17) is 14.9 Å². The summed E-state index contributed by atoms with van der Waals surface area (Å²) in [6, 6.07) is 11.1. The van der Waals surface area contributed by atoms with Crippen LogP contribution in [0.25, 0.3) is 0 Å². The smallest absolute Gasteiger partial charge is 0.216 e. The van der Waals surface area contributed by atoms with E-state index in [0.717, 1.165) is 5.56 Å². The van der Waals surface area contributed by atoms with Gasteiger partial charge >= 0.3 is 0 Å². The minimum absolute atomic E-state index is 0.0942. The van der Waals surface area contributed by atoms with Gasteiger partial charge in [0, 0.05) is 18.0 Å². The van der Waals surface area contributed by atoms with Gasteiger partial charge in [-0.15, -0.1) is 0 Å². The fraction of sp³-hybridized carbons (Fsp3) is 0.143. The van der Waals surface area contributed by atoms with Gasteiger partial charge in [-0.2, -0.15) is 0 Å². The first-order chi connectivity index (χ1) is 8.81. The van der Waals surface area contributed by atoms with E-state index < -0.39 is 0 Å². The molecule has 18 heavy (non-hydrogen) atoms. The lowest BCUT2D eigenvalue weighted by molar-refractivity contribution is 0.302. The molecule has 2 rings (SSSR count). The van der Waals surface area contributed by atoms with Crippen molar-refractivity contribution in [2.24, 2.45) is 0 Å². The molecule has 0 aliphatic heterocycles. The third-order valence-electron chi connectivity index (χ3n) is 2.45. The molecule has 0 radical (unpaired) electrons. The average molecular weight is 242 g/mol. The molecule has 92 valence electrons. The number of para-hydroxylation sites is 1. The Hall–Kier alpha value is -2.36. The highest BCUT2D eigenvalue weighted by atomic mass is 16.5. The van der Waals surface area contributed by atoms with Gasteiger partial charge in [-0.05, 0) is 18.2 Å². The van der Waals surface area contributed by atoms with Crippen LogP contribution in [0, 0.1) is 5.41 Å². The van der Waals surface area contributed by atoms with E-state index in [2.05, 4.69) is 4.98 Å². The van der Waals surface area contributed by atoms with E-state index in [1.54, 1.807) is 18.5 Å². The van der Waals surface area contributed by atoms with Crippen LogP contribution in [0.1, 0.15) is 11.1 Å². The van der Waals surface area contributed by atoms with Crippen LogP contribution in [0.15, 0.2) is 48.8 Å². The van der Waals surface area contributed by atoms with Gasteiger partial charge in [0.15, 0.2) is 0 Å². The molecule has 2 aromatic rings. The molecule has 0 fully saturated rings. The van der Waals surface area contributed by atoms with Gasteiger partial charge in [0.2, 0.25) is 5.90 Å². The third kappa shape index (κ3) is 2.85. The van der Waals surface area contributed by atoms with Crippen molar-refractivity contribution in [2.75, 3.05) is 7.11 Å². The van der Waals surface area contributed by atoms with E-state index >= 15 is 0 Å². The highest BCUT2D eigenvalue weighted by Gasteiger charge is 2.08. The van der Waals surface area contributed by atoms with Crippen molar-refractivity contribution >= 4 is 5.90 Å². The zero-order chi connectivity index (χ0) is 12.8. The number of benzene rings is 1. The summed E-state index contributed by atoms with van der Waals surface area (Å²) in [5, 5.41) is 7.69. The number of hydrogen-bond acceptors (Lipinski definition) is 4. The summed E-state index contributed by atoms with van der Waals surface area (Å²) >= 11 is 0. The summed E-state index contributed by atoms with van der Waals surface area (Å²) in [7, 11) is 1.47. The Labute approximate surface area is 106 Å². The van der Waals surface area contributed by atoms with Gasteiger partial charge < -0.3 is 9.47 Å². The molecule has 0 amide bonds. The van der Waals surface area contributed by atoms with Crippen LogP contribution in [-0.4, -0.2) is 18.0 Å². The van der Waals surface area contributed by atoms with E-state index in [9.17, 15) is 0 Å². The molecule has 1 aromatic heterocycles. The number of ether oxygens (including phenoxy) is 2. The number of aromatic nitrogens is 1. The van der Waals surface area contributed by atoms with E-state index in [-0.39, 0.29) is 5.90 Å². The minimum atomic E-state index is 0.0942. The molecule has 0 unspecified atom stereocenters. The number of hydrogen-bond donors (Lipinski definition) is 1. The zero-order valence-corrected chi connectivity index (χ0v) is 10.1. The quantitative estimate of drug-likeness (QED) is 0.662. The van der Waals surface area contributed by atoms with Crippen LogP contribution in [0.5, 0.6) is 5.75 Å². The van der Waals surface area contributed by atoms with Crippen molar-refractivity contribution in [2.45, 2.75) is 6.61 Å². The van der Waals surface area contributed by atoms with E-state index in [0.29, 0.717) is 17.9 Å². The molecule has 0 aliphatic rings. The van der Waals surface area contributed by atoms with E-state index in [1.807, 2.05) is 30.3 Å². The largest absolute Gasteiger partial charge is 0.488 e. The van der Waals surface area contributed by atoms with Crippen molar-refractivity contribution < 1.29 is 9.47 Å². The molecule has 1 aromatic carbocycles. The van der Waals surface area contributed by atoms with Crippen molar-refractivity contribution in [1.82, 2.24) is 4.98 Å². The number of nitrogens with one attached hydrogen (secondary N) is 1. The van der Waals surface area contributed by atoms with Crippen LogP contribution in [-0.2, 0) is 11.3 Å². The Morgan fingerprint density at radius 3 is 2.78 bits per heavy atom. The topological polar surface area (TPSA) is 55.2 Å². The Kier molecular flexibility index (Phi) is 3.91. The zero-order valence-electron chi connectivity index (χ0n) is 10.1. The van der Waals surface area contributed by atoms with Crippen molar-refractivity contribution in [3.63, 3.8) is 0 Å². The fourth-order valence-corrected chi connectivity index (χ4v) is 1.53. The van der Waals surface area contributed by atoms with Crippen LogP contribution in [0.2, 0.25) is 0 Å². The molecule has 4 heteroatoms.